The van der Waals surface area contributed by atoms with Crippen molar-refractivity contribution < 1.29 is 27.5 Å². The zero-order valence-electron chi connectivity index (χ0n) is 12.8. The van der Waals surface area contributed by atoms with Gasteiger partial charge in [-0.1, -0.05) is 18.2 Å². The highest BCUT2D eigenvalue weighted by atomic mass is 19.2. The Hall–Kier alpha value is -3.03. The van der Waals surface area contributed by atoms with Gasteiger partial charge in [0.05, 0.1) is 12.2 Å². The number of anilines is 1. The molecular formula is C17H13F3N2O3. The molecule has 25 heavy (non-hydrogen) atoms. The van der Waals surface area contributed by atoms with E-state index < -0.39 is 47.6 Å². The number of carbonyl (C=O) groups excluding carboxylic acids is 2. The van der Waals surface area contributed by atoms with Crippen LogP contribution in [0.1, 0.15) is 5.56 Å². The molecule has 3 rings (SSSR count). The summed E-state index contributed by atoms with van der Waals surface area (Å²) in [7, 11) is 0. The molecule has 2 amide bonds. The lowest BCUT2D eigenvalue weighted by Crippen LogP contribution is -2.41. The van der Waals surface area contributed by atoms with Crippen LogP contribution in [0.2, 0.25) is 0 Å². The van der Waals surface area contributed by atoms with Crippen molar-refractivity contribution in [2.24, 2.45) is 0 Å². The van der Waals surface area contributed by atoms with Crippen LogP contribution in [0.25, 0.3) is 0 Å². The largest absolute Gasteiger partial charge is 0.480 e. The summed E-state index contributed by atoms with van der Waals surface area (Å²) in [6, 6.07) is 8.76. The fourth-order valence-corrected chi connectivity index (χ4v) is 2.43. The predicted octanol–water partition coefficient (Wildman–Crippen LogP) is 2.16. The molecule has 8 heteroatoms. The Balaban J connectivity index is 1.53. The quantitative estimate of drug-likeness (QED) is 0.831. The lowest BCUT2D eigenvalue weighted by molar-refractivity contribution is -0.129. The predicted molar refractivity (Wildman–Crippen MR) is 82.5 cm³/mol. The number of halogens is 3. The van der Waals surface area contributed by atoms with E-state index in [1.807, 2.05) is 12.1 Å². The monoisotopic (exact) mass is 350 g/mol. The topological polar surface area (TPSA) is 67.4 Å². The van der Waals surface area contributed by atoms with Crippen LogP contribution in [-0.2, 0) is 16.0 Å². The van der Waals surface area contributed by atoms with Crippen molar-refractivity contribution in [3.63, 3.8) is 0 Å². The van der Waals surface area contributed by atoms with Crippen molar-refractivity contribution in [2.75, 3.05) is 11.9 Å². The summed E-state index contributed by atoms with van der Waals surface area (Å²) in [5.41, 5.74) is 0.374. The minimum absolute atomic E-state index is 0.376. The standard InChI is InChI=1S/C17H13F3N2O3/c18-10-5-6-11(16(20)15(10)19)22-14(23)8-21-17(24)13-7-9-3-1-2-4-12(9)25-13/h1-6,13H,7-8H2,(H,21,24)(H,22,23)/t13-/m1/s1. The van der Waals surface area contributed by atoms with Crippen molar-refractivity contribution in [3.05, 3.63) is 59.4 Å². The van der Waals surface area contributed by atoms with Crippen LogP contribution in [0, 0.1) is 17.5 Å². The minimum atomic E-state index is -1.68. The van der Waals surface area contributed by atoms with Gasteiger partial charge in [0.1, 0.15) is 5.75 Å². The highest BCUT2D eigenvalue weighted by Gasteiger charge is 2.28. The van der Waals surface area contributed by atoms with Gasteiger partial charge >= 0.3 is 0 Å². The number of carbonyl (C=O) groups is 2. The smallest absolute Gasteiger partial charge is 0.261 e. The lowest BCUT2D eigenvalue weighted by atomic mass is 10.1. The summed E-state index contributed by atoms with van der Waals surface area (Å²) >= 11 is 0. The molecule has 0 radical (unpaired) electrons. The fourth-order valence-electron chi connectivity index (χ4n) is 2.43. The zero-order valence-corrected chi connectivity index (χ0v) is 12.8. The first-order valence-corrected chi connectivity index (χ1v) is 7.41. The number of ether oxygens (including phenoxy) is 1. The Morgan fingerprint density at radius 2 is 1.84 bits per heavy atom. The SMILES string of the molecule is O=C(CNC(=O)[C@H]1Cc2ccccc2O1)Nc1ccc(F)c(F)c1F. The van der Waals surface area contributed by atoms with Crippen molar-refractivity contribution >= 4 is 17.5 Å². The third-order valence-corrected chi connectivity index (χ3v) is 3.67. The van der Waals surface area contributed by atoms with E-state index in [2.05, 4.69) is 10.6 Å². The Labute approximate surface area is 140 Å². The molecule has 2 aromatic carbocycles. The first kappa shape index (κ1) is 16.8. The third-order valence-electron chi connectivity index (χ3n) is 3.67. The highest BCUT2D eigenvalue weighted by Crippen LogP contribution is 2.28. The average Bonchev–Trinajstić information content (AvgIpc) is 3.04. The number of para-hydroxylation sites is 1. The molecule has 0 spiro atoms. The van der Waals surface area contributed by atoms with Crippen LogP contribution >= 0.6 is 0 Å². The first-order valence-electron chi connectivity index (χ1n) is 7.41. The van der Waals surface area contributed by atoms with Crippen molar-refractivity contribution in [2.45, 2.75) is 12.5 Å². The summed E-state index contributed by atoms with van der Waals surface area (Å²) in [6.45, 7) is -0.465. The molecule has 0 bridgehead atoms. The maximum atomic E-state index is 13.5. The van der Waals surface area contributed by atoms with Crippen LogP contribution < -0.4 is 15.4 Å². The van der Waals surface area contributed by atoms with E-state index in [1.165, 1.54) is 0 Å². The molecule has 1 atom stereocenters. The van der Waals surface area contributed by atoms with Crippen molar-refractivity contribution in [1.29, 1.82) is 0 Å². The number of hydrogen-bond donors (Lipinski definition) is 2. The van der Waals surface area contributed by atoms with Gasteiger partial charge in [0.25, 0.3) is 5.91 Å². The van der Waals surface area contributed by atoms with Crippen LogP contribution in [0.3, 0.4) is 0 Å². The second-order valence-electron chi connectivity index (χ2n) is 5.41. The van der Waals surface area contributed by atoms with Crippen LogP contribution in [-0.4, -0.2) is 24.5 Å². The molecule has 0 aliphatic carbocycles. The average molecular weight is 350 g/mol. The number of benzene rings is 2. The Kier molecular flexibility index (Phi) is 4.60. The van der Waals surface area contributed by atoms with Gasteiger partial charge in [0, 0.05) is 6.42 Å². The maximum absolute atomic E-state index is 13.5. The molecule has 0 fully saturated rings. The molecule has 1 aliphatic rings. The summed E-state index contributed by atoms with van der Waals surface area (Å²) in [6.07, 6.45) is -0.383. The van der Waals surface area contributed by atoms with Crippen LogP contribution in [0.5, 0.6) is 5.75 Å². The van der Waals surface area contributed by atoms with Crippen LogP contribution in [0.4, 0.5) is 18.9 Å². The van der Waals surface area contributed by atoms with E-state index in [-0.39, 0.29) is 0 Å². The van der Waals surface area contributed by atoms with Crippen LogP contribution in [0.15, 0.2) is 36.4 Å². The van der Waals surface area contributed by atoms with E-state index in [0.29, 0.717) is 18.2 Å². The fraction of sp³-hybridized carbons (Fsp3) is 0.176. The second kappa shape index (κ2) is 6.84. The molecule has 1 aliphatic heterocycles. The number of rotatable bonds is 4. The molecule has 2 aromatic rings. The summed E-state index contributed by atoms with van der Waals surface area (Å²) in [4.78, 5) is 23.8. The molecule has 5 nitrogen and oxygen atoms in total. The van der Waals surface area contributed by atoms with Crippen molar-refractivity contribution in [1.82, 2.24) is 5.32 Å². The van der Waals surface area contributed by atoms with Gasteiger partial charge in [-0.3, -0.25) is 9.59 Å². The summed E-state index contributed by atoms with van der Waals surface area (Å²) in [5, 5.41) is 4.42. The number of amides is 2. The molecule has 0 saturated heterocycles. The van der Waals surface area contributed by atoms with Crippen molar-refractivity contribution in [3.8, 4) is 5.75 Å². The molecular weight excluding hydrogens is 337 g/mol. The van der Waals surface area contributed by atoms with Gasteiger partial charge < -0.3 is 15.4 Å². The van der Waals surface area contributed by atoms with Gasteiger partial charge in [-0.15, -0.1) is 0 Å². The van der Waals surface area contributed by atoms with E-state index in [1.54, 1.807) is 12.1 Å². The number of fused-ring (bicyclic) bond motifs is 1. The van der Waals surface area contributed by atoms with E-state index in [4.69, 9.17) is 4.74 Å². The Morgan fingerprint density at radius 3 is 2.60 bits per heavy atom. The molecule has 2 N–H and O–H groups in total. The van der Waals surface area contributed by atoms with Gasteiger partial charge in [-0.2, -0.15) is 0 Å². The van der Waals surface area contributed by atoms with Gasteiger partial charge in [-0.25, -0.2) is 13.2 Å². The molecule has 1 heterocycles. The normalized spacial score (nSPS) is 15.2. The number of hydrogen-bond acceptors (Lipinski definition) is 3. The summed E-state index contributed by atoms with van der Waals surface area (Å²) < 4.78 is 44.9. The summed E-state index contributed by atoms with van der Waals surface area (Å²) in [5.74, 6) is -5.23. The maximum Gasteiger partial charge on any atom is 0.261 e. The second-order valence-corrected chi connectivity index (χ2v) is 5.41. The number of nitrogens with one attached hydrogen (secondary N) is 2. The Morgan fingerprint density at radius 1 is 1.08 bits per heavy atom. The highest BCUT2D eigenvalue weighted by molar-refractivity contribution is 5.95. The van der Waals surface area contributed by atoms with Gasteiger partial charge in [-0.05, 0) is 23.8 Å². The Bertz CT molecular complexity index is 817. The van der Waals surface area contributed by atoms with Gasteiger partial charge in [0.2, 0.25) is 5.91 Å². The molecule has 0 aromatic heterocycles. The third kappa shape index (κ3) is 3.57. The molecule has 0 saturated carbocycles. The molecule has 130 valence electrons. The zero-order chi connectivity index (χ0) is 18.0. The van der Waals surface area contributed by atoms with Gasteiger partial charge in [0.15, 0.2) is 23.6 Å². The lowest BCUT2D eigenvalue weighted by Gasteiger charge is -2.12. The van der Waals surface area contributed by atoms with E-state index in [9.17, 15) is 22.8 Å². The van der Waals surface area contributed by atoms with E-state index >= 15 is 0 Å². The molecule has 0 unspecified atom stereocenters. The van der Waals surface area contributed by atoms with E-state index in [0.717, 1.165) is 11.6 Å². The minimum Gasteiger partial charge on any atom is -0.480 e. The first-order chi connectivity index (χ1) is 12.0.